The monoisotopic (exact) mass is 745 g/mol. The van der Waals surface area contributed by atoms with Crippen molar-refractivity contribution < 1.29 is 36.0 Å². The summed E-state index contributed by atoms with van der Waals surface area (Å²) in [5.74, 6) is -1.76. The van der Waals surface area contributed by atoms with Gasteiger partial charge in [-0.25, -0.2) is 29.9 Å². The number of carbonyl (C=O) groups is 4. The van der Waals surface area contributed by atoms with E-state index in [1.165, 1.54) is 0 Å². The predicted octanol–water partition coefficient (Wildman–Crippen LogP) is 3.26. The van der Waals surface area contributed by atoms with E-state index in [1.807, 2.05) is 0 Å². The summed E-state index contributed by atoms with van der Waals surface area (Å²) < 4.78 is 0. The number of nitrogens with zero attached hydrogens (tertiary/aromatic N) is 6. The Hall–Kier alpha value is -7.37. The first-order chi connectivity index (χ1) is 25.0. The quantitative estimate of drug-likeness (QED) is 0.153. The fourth-order valence-corrected chi connectivity index (χ4v) is 6.41. The molecule has 7 aromatic rings. The molecule has 2 aliphatic rings. The van der Waals surface area contributed by atoms with Crippen molar-refractivity contribution in [1.82, 2.24) is 39.9 Å². The first-order valence-electron chi connectivity index (χ1n) is 15.6. The largest absolute Gasteiger partial charge is 2.00 e. The zero-order valence-corrected chi connectivity index (χ0v) is 27.9. The predicted molar refractivity (Wildman–Crippen MR) is 190 cm³/mol. The zero-order chi connectivity index (χ0) is 36.0. The molecule has 2 aliphatic heterocycles. The summed E-state index contributed by atoms with van der Waals surface area (Å²) in [7, 11) is 0. The molecule has 1 radical (unpaired) electrons. The maximum absolute atomic E-state index is 12.2. The van der Waals surface area contributed by atoms with Gasteiger partial charge in [-0.15, -0.1) is 0 Å². The number of fused-ring (bicyclic) bond motifs is 20. The second kappa shape index (κ2) is 11.9. The second-order valence-electron chi connectivity index (χ2n) is 12.1. The van der Waals surface area contributed by atoms with E-state index in [0.717, 1.165) is 0 Å². The van der Waals surface area contributed by atoms with Gasteiger partial charge in [0.15, 0.2) is 23.3 Å². The van der Waals surface area contributed by atoms with Crippen molar-refractivity contribution in [2.45, 2.75) is 0 Å². The summed E-state index contributed by atoms with van der Waals surface area (Å²) in [6, 6.07) is 19.3. The Bertz CT molecular complexity index is 3010. The van der Waals surface area contributed by atoms with Crippen LogP contribution in [0.5, 0.6) is 0 Å². The number of rotatable bonds is 4. The molecule has 0 spiro atoms. The Morgan fingerprint density at radius 2 is 0.698 bits per heavy atom. The maximum atomic E-state index is 12.2. The maximum Gasteiger partial charge on any atom is 2.00 e. The summed E-state index contributed by atoms with van der Waals surface area (Å²) >= 11 is 0. The van der Waals surface area contributed by atoms with Crippen LogP contribution in [0.15, 0.2) is 72.8 Å². The number of hydrogen-bond donors (Lipinski definition) is 6. The molecule has 9 rings (SSSR count). The molecule has 0 saturated carbocycles. The normalized spacial score (nSPS) is 11.5. The Morgan fingerprint density at radius 1 is 0.377 bits per heavy atom. The topological polar surface area (TPSA) is 281 Å². The van der Waals surface area contributed by atoms with Gasteiger partial charge < -0.3 is 32.9 Å². The summed E-state index contributed by atoms with van der Waals surface area (Å²) in [6.45, 7) is 0. The Morgan fingerprint density at radius 3 is 1.15 bits per heavy atom. The molecular weight excluding hydrogens is 723 g/mol. The number of aromatic nitrogens is 8. The molecule has 0 unspecified atom stereocenters. The van der Waals surface area contributed by atoms with Crippen LogP contribution in [0, 0.1) is 0 Å². The number of aromatic amines is 2. The number of primary amides is 4. The van der Waals surface area contributed by atoms with Gasteiger partial charge in [-0.05, 0) is 72.8 Å². The van der Waals surface area contributed by atoms with E-state index >= 15 is 0 Å². The van der Waals surface area contributed by atoms with Gasteiger partial charge in [-0.3, -0.25) is 19.2 Å². The van der Waals surface area contributed by atoms with Crippen LogP contribution >= 0.6 is 0 Å². The molecule has 53 heavy (non-hydrogen) atoms. The fraction of sp³-hybridized carbons (Fsp3) is 0. The van der Waals surface area contributed by atoms with E-state index in [9.17, 15) is 19.2 Å². The van der Waals surface area contributed by atoms with Crippen molar-refractivity contribution in [2.75, 3.05) is 0 Å². The first-order valence-corrected chi connectivity index (χ1v) is 15.6. The van der Waals surface area contributed by atoms with Crippen LogP contribution in [-0.4, -0.2) is 63.5 Å². The van der Waals surface area contributed by atoms with Crippen LogP contribution in [-0.2, 0) is 16.8 Å². The molecule has 0 fully saturated rings. The van der Waals surface area contributed by atoms with Crippen molar-refractivity contribution in [3.8, 4) is 45.6 Å². The summed E-state index contributed by atoms with van der Waals surface area (Å²) in [6.07, 6.45) is 0. The van der Waals surface area contributed by atoms with Gasteiger partial charge in [0, 0.05) is 66.1 Å². The van der Waals surface area contributed by atoms with Crippen LogP contribution < -0.4 is 22.9 Å². The summed E-state index contributed by atoms with van der Waals surface area (Å²) in [5.41, 5.74) is 26.8. The van der Waals surface area contributed by atoms with Crippen molar-refractivity contribution >= 4 is 67.8 Å². The van der Waals surface area contributed by atoms with Gasteiger partial charge in [-0.2, -0.15) is 0 Å². The zero-order valence-electron chi connectivity index (χ0n) is 26.9. The SMILES string of the molecule is NC(=O)c1ccc2c(c1)-c1nc3nc(nc4[nH]c(nc5[nH]c(nc-2n1)c1cc(C(N)=O)ccc51)c1cc(C(N)=O)ccc41)-c1cc(C(N)=O)ccc1-3.[Co+2]. The molecule has 0 atom stereocenters. The van der Waals surface area contributed by atoms with Gasteiger partial charge in [0.1, 0.15) is 22.6 Å². The van der Waals surface area contributed by atoms with Crippen LogP contribution in [0.25, 0.3) is 89.7 Å². The molecule has 8 bridgehead atoms. The third-order valence-electron chi connectivity index (χ3n) is 8.97. The molecule has 3 aromatic heterocycles. The minimum atomic E-state index is -0.649. The average molecular weight is 746 g/mol. The van der Waals surface area contributed by atoms with E-state index in [-0.39, 0.29) is 62.3 Å². The van der Waals surface area contributed by atoms with Crippen LogP contribution in [0.2, 0.25) is 0 Å². The third kappa shape index (κ3) is 5.22. The smallest absolute Gasteiger partial charge is 0.366 e. The van der Waals surface area contributed by atoms with Crippen LogP contribution in [0.3, 0.4) is 0 Å². The number of nitrogens with two attached hydrogens (primary N) is 4. The minimum absolute atomic E-state index is 0. The molecule has 257 valence electrons. The standard InChI is InChI=1S/C36H22N12O4.Co/c37-25(49)13-1-5-17-21(9-13)33-41-29(17)45-34-22-10-14(26(38)50)2-6-18(22)31(42-34)47-36-24-12-16(28(40)52)4-8-20(24)32(44-36)48-35-23-11-15(27(39)51)3-7-19(23)30(43-35)46-33;/h1-12H,(H2,37,49)(H2,38,50)(H2,39,51)(H2,40,52)(H2,41,42,43,44,45,46,47,48);/q;+2. The minimum Gasteiger partial charge on any atom is -0.366 e. The molecule has 5 heterocycles. The van der Waals surface area contributed by atoms with Gasteiger partial charge in [0.05, 0.1) is 0 Å². The van der Waals surface area contributed by atoms with E-state index in [4.69, 9.17) is 52.8 Å². The van der Waals surface area contributed by atoms with Crippen molar-refractivity contribution in [1.29, 1.82) is 0 Å². The Balaban J connectivity index is 0.00000400. The van der Waals surface area contributed by atoms with Gasteiger partial charge in [0.25, 0.3) is 0 Å². The molecule has 10 N–H and O–H groups in total. The molecular formula is C36H22CoN12O4+2. The van der Waals surface area contributed by atoms with Crippen LogP contribution in [0.1, 0.15) is 41.4 Å². The summed E-state index contributed by atoms with van der Waals surface area (Å²) in [5, 5.41) is 2.20. The number of amides is 4. The number of carbonyl (C=O) groups excluding carboxylic acids is 4. The Kier molecular flexibility index (Phi) is 7.34. The van der Waals surface area contributed by atoms with Gasteiger partial charge in [0.2, 0.25) is 23.6 Å². The number of benzene rings is 4. The van der Waals surface area contributed by atoms with E-state index < -0.39 is 23.6 Å². The molecule has 0 aliphatic carbocycles. The van der Waals surface area contributed by atoms with Gasteiger partial charge in [-0.1, -0.05) is 0 Å². The number of H-pyrrole nitrogens is 2. The summed E-state index contributed by atoms with van der Waals surface area (Å²) in [4.78, 5) is 84.5. The number of hydrogen-bond acceptors (Lipinski definition) is 10. The van der Waals surface area contributed by atoms with Crippen LogP contribution in [0.4, 0.5) is 0 Å². The van der Waals surface area contributed by atoms with E-state index in [2.05, 4.69) is 9.97 Å². The molecule has 4 amide bonds. The van der Waals surface area contributed by atoms with Gasteiger partial charge >= 0.3 is 16.8 Å². The van der Waals surface area contributed by atoms with Crippen molar-refractivity contribution in [3.63, 3.8) is 0 Å². The third-order valence-corrected chi connectivity index (χ3v) is 8.97. The Labute approximate surface area is 306 Å². The van der Waals surface area contributed by atoms with Crippen molar-refractivity contribution in [3.05, 3.63) is 95.1 Å². The van der Waals surface area contributed by atoms with E-state index in [0.29, 0.717) is 66.4 Å². The fourth-order valence-electron chi connectivity index (χ4n) is 6.41. The van der Waals surface area contributed by atoms with Crippen molar-refractivity contribution in [2.24, 2.45) is 22.9 Å². The molecule has 16 nitrogen and oxygen atoms in total. The molecule has 0 saturated heterocycles. The molecule has 17 heteroatoms. The molecule has 4 aromatic carbocycles. The number of nitrogens with one attached hydrogen (secondary N) is 2. The van der Waals surface area contributed by atoms with E-state index in [1.54, 1.807) is 72.8 Å². The second-order valence-corrected chi connectivity index (χ2v) is 12.1. The average Bonchev–Trinajstić information content (AvgIpc) is 3.85. The first kappa shape index (κ1) is 32.8.